The van der Waals surface area contributed by atoms with Crippen molar-refractivity contribution < 1.29 is 15.0 Å². The molecule has 0 heterocycles. The van der Waals surface area contributed by atoms with Gasteiger partial charge in [-0.15, -0.1) is 0 Å². The highest BCUT2D eigenvalue weighted by Crippen LogP contribution is 2.16. The van der Waals surface area contributed by atoms with E-state index in [1.807, 2.05) is 6.08 Å². The van der Waals surface area contributed by atoms with Gasteiger partial charge in [0.25, 0.3) is 0 Å². The van der Waals surface area contributed by atoms with Crippen molar-refractivity contribution in [2.45, 2.75) is 251 Å². The molecule has 53 heavy (non-hydrogen) atoms. The van der Waals surface area contributed by atoms with Gasteiger partial charge in [-0.2, -0.15) is 0 Å². The van der Waals surface area contributed by atoms with Crippen molar-refractivity contribution in [1.82, 2.24) is 5.32 Å². The fourth-order valence-corrected chi connectivity index (χ4v) is 6.95. The molecule has 0 aromatic heterocycles. The van der Waals surface area contributed by atoms with Crippen LogP contribution in [0.15, 0.2) is 48.6 Å². The molecule has 0 aliphatic rings. The summed E-state index contributed by atoms with van der Waals surface area (Å²) in [6.07, 6.45) is 60.8. The van der Waals surface area contributed by atoms with Crippen LogP contribution in [-0.4, -0.2) is 34.9 Å². The van der Waals surface area contributed by atoms with E-state index in [0.29, 0.717) is 6.42 Å². The van der Waals surface area contributed by atoms with Gasteiger partial charge in [-0.1, -0.05) is 223 Å². The summed E-state index contributed by atoms with van der Waals surface area (Å²) in [5.41, 5.74) is 0. The molecule has 0 aromatic rings. The van der Waals surface area contributed by atoms with Crippen LogP contribution < -0.4 is 5.32 Å². The van der Waals surface area contributed by atoms with Crippen LogP contribution in [0.3, 0.4) is 0 Å². The smallest absolute Gasteiger partial charge is 0.220 e. The van der Waals surface area contributed by atoms with E-state index in [-0.39, 0.29) is 12.5 Å². The molecule has 1 amide bonds. The van der Waals surface area contributed by atoms with Gasteiger partial charge in [0, 0.05) is 6.42 Å². The lowest BCUT2D eigenvalue weighted by molar-refractivity contribution is -0.123. The van der Waals surface area contributed by atoms with Crippen LogP contribution in [0.25, 0.3) is 0 Å². The van der Waals surface area contributed by atoms with Crippen LogP contribution in [0.1, 0.15) is 239 Å². The molecule has 0 rings (SSSR count). The predicted molar refractivity (Wildman–Crippen MR) is 235 cm³/mol. The molecule has 4 heteroatoms. The molecule has 0 aliphatic carbocycles. The Balaban J connectivity index is 3.58. The highest BCUT2D eigenvalue weighted by Gasteiger charge is 2.17. The third-order valence-electron chi connectivity index (χ3n) is 10.6. The number of nitrogens with one attached hydrogen (secondary N) is 1. The molecule has 0 fully saturated rings. The number of hydrogen-bond acceptors (Lipinski definition) is 3. The van der Waals surface area contributed by atoms with Crippen molar-refractivity contribution >= 4 is 5.91 Å². The van der Waals surface area contributed by atoms with Crippen molar-refractivity contribution in [3.05, 3.63) is 48.6 Å². The number of aliphatic hydroxyl groups is 2. The maximum atomic E-state index is 12.4. The lowest BCUT2D eigenvalue weighted by Gasteiger charge is -2.20. The van der Waals surface area contributed by atoms with Crippen molar-refractivity contribution in [1.29, 1.82) is 0 Å². The normalized spacial score (nSPS) is 13.4. The zero-order valence-electron chi connectivity index (χ0n) is 35.5. The van der Waals surface area contributed by atoms with Crippen LogP contribution in [-0.2, 0) is 4.79 Å². The molecule has 2 unspecified atom stereocenters. The molecule has 0 saturated heterocycles. The highest BCUT2D eigenvalue weighted by molar-refractivity contribution is 5.76. The van der Waals surface area contributed by atoms with Crippen LogP contribution in [0, 0.1) is 0 Å². The van der Waals surface area contributed by atoms with Gasteiger partial charge in [0.15, 0.2) is 0 Å². The van der Waals surface area contributed by atoms with Crippen molar-refractivity contribution in [2.24, 2.45) is 0 Å². The van der Waals surface area contributed by atoms with Gasteiger partial charge in [0.05, 0.1) is 18.8 Å². The third-order valence-corrected chi connectivity index (χ3v) is 10.6. The first-order chi connectivity index (χ1) is 26.2. The third kappa shape index (κ3) is 41.4. The standard InChI is InChI=1S/C49H91NO3/c1-3-5-7-9-11-13-15-17-19-21-23-24-25-27-28-30-32-34-36-38-40-42-44-48(52)47(46-51)50-49(53)45-43-41-39-37-35-33-31-29-26-22-20-18-16-14-12-10-8-6-4-2/h12,14,18,20,26,29,42,44,47-48,51-52H,3-11,13,15-17,19,21-25,27-28,30-41,43,45-46H2,1-2H3,(H,50,53)/b14-12-,20-18-,29-26-,44-42+. The Labute approximate surface area is 331 Å². The molecule has 3 N–H and O–H groups in total. The van der Waals surface area contributed by atoms with E-state index < -0.39 is 12.1 Å². The second-order valence-corrected chi connectivity index (χ2v) is 15.8. The monoisotopic (exact) mass is 742 g/mol. The Morgan fingerprint density at radius 1 is 0.453 bits per heavy atom. The van der Waals surface area contributed by atoms with E-state index >= 15 is 0 Å². The van der Waals surface area contributed by atoms with Crippen molar-refractivity contribution in [2.75, 3.05) is 6.61 Å². The number of allylic oxidation sites excluding steroid dienone is 7. The summed E-state index contributed by atoms with van der Waals surface area (Å²) in [7, 11) is 0. The Hall–Kier alpha value is -1.65. The van der Waals surface area contributed by atoms with Gasteiger partial charge in [-0.05, 0) is 57.8 Å². The second-order valence-electron chi connectivity index (χ2n) is 15.8. The van der Waals surface area contributed by atoms with E-state index in [9.17, 15) is 15.0 Å². The Morgan fingerprint density at radius 3 is 1.19 bits per heavy atom. The van der Waals surface area contributed by atoms with E-state index in [1.54, 1.807) is 6.08 Å². The summed E-state index contributed by atoms with van der Waals surface area (Å²) in [6, 6.07) is -0.630. The number of aliphatic hydroxyl groups excluding tert-OH is 2. The Morgan fingerprint density at radius 2 is 0.774 bits per heavy atom. The van der Waals surface area contributed by atoms with Crippen molar-refractivity contribution in [3.8, 4) is 0 Å². The number of carbonyl (C=O) groups excluding carboxylic acids is 1. The fourth-order valence-electron chi connectivity index (χ4n) is 6.95. The first-order valence-corrected chi connectivity index (χ1v) is 23.4. The summed E-state index contributed by atoms with van der Waals surface area (Å²) in [4.78, 5) is 12.4. The molecule has 0 bridgehead atoms. The molecule has 0 aliphatic heterocycles. The summed E-state index contributed by atoms with van der Waals surface area (Å²) in [5, 5.41) is 23.1. The second kappa shape index (κ2) is 44.7. The predicted octanol–water partition coefficient (Wildman–Crippen LogP) is 14.7. The molecule has 0 spiro atoms. The molecule has 0 saturated carbocycles. The Bertz CT molecular complexity index is 847. The number of carbonyl (C=O) groups is 1. The van der Waals surface area contributed by atoms with Crippen LogP contribution >= 0.6 is 0 Å². The van der Waals surface area contributed by atoms with Gasteiger partial charge in [0.2, 0.25) is 5.91 Å². The lowest BCUT2D eigenvalue weighted by Crippen LogP contribution is -2.45. The van der Waals surface area contributed by atoms with E-state index in [4.69, 9.17) is 0 Å². The average Bonchev–Trinajstić information content (AvgIpc) is 3.16. The van der Waals surface area contributed by atoms with Crippen LogP contribution in [0.2, 0.25) is 0 Å². The summed E-state index contributed by atoms with van der Waals surface area (Å²) >= 11 is 0. The van der Waals surface area contributed by atoms with Crippen LogP contribution in [0.5, 0.6) is 0 Å². The number of amides is 1. The summed E-state index contributed by atoms with van der Waals surface area (Å²) in [5.74, 6) is -0.0761. The van der Waals surface area contributed by atoms with Gasteiger partial charge in [0.1, 0.15) is 0 Å². The largest absolute Gasteiger partial charge is 0.394 e. The number of unbranched alkanes of at least 4 members (excludes halogenated alkanes) is 29. The van der Waals surface area contributed by atoms with Gasteiger partial charge in [-0.25, -0.2) is 0 Å². The minimum atomic E-state index is -0.846. The quantitative estimate of drug-likeness (QED) is 0.0431. The maximum Gasteiger partial charge on any atom is 0.220 e. The molecule has 0 aromatic carbocycles. The molecule has 4 nitrogen and oxygen atoms in total. The molecular weight excluding hydrogens is 651 g/mol. The zero-order chi connectivity index (χ0) is 38.6. The van der Waals surface area contributed by atoms with E-state index in [2.05, 4.69) is 55.6 Å². The topological polar surface area (TPSA) is 69.6 Å². The average molecular weight is 742 g/mol. The fraction of sp³-hybridized carbons (Fsp3) is 0.816. The molecule has 0 radical (unpaired) electrons. The first-order valence-electron chi connectivity index (χ1n) is 23.4. The minimum absolute atomic E-state index is 0.0761. The molecule has 310 valence electrons. The van der Waals surface area contributed by atoms with E-state index in [0.717, 1.165) is 51.4 Å². The highest BCUT2D eigenvalue weighted by atomic mass is 16.3. The molecular formula is C49H91NO3. The van der Waals surface area contributed by atoms with Gasteiger partial charge >= 0.3 is 0 Å². The Kier molecular flexibility index (Phi) is 43.4. The molecule has 2 atom stereocenters. The minimum Gasteiger partial charge on any atom is -0.394 e. The maximum absolute atomic E-state index is 12.4. The lowest BCUT2D eigenvalue weighted by atomic mass is 10.0. The van der Waals surface area contributed by atoms with Gasteiger partial charge < -0.3 is 15.5 Å². The number of rotatable bonds is 42. The van der Waals surface area contributed by atoms with Crippen LogP contribution in [0.4, 0.5) is 0 Å². The first kappa shape index (κ1) is 51.4. The SMILES string of the molecule is CCCCC/C=C\C/C=C\C/C=C\CCCCCCCCC(=O)NC(CO)C(O)/C=C/CCCCCCCCCCCCCCCCCCCCCC. The summed E-state index contributed by atoms with van der Waals surface area (Å²) in [6.45, 7) is 4.29. The summed E-state index contributed by atoms with van der Waals surface area (Å²) < 4.78 is 0. The van der Waals surface area contributed by atoms with Gasteiger partial charge in [-0.3, -0.25) is 4.79 Å². The number of hydrogen-bond donors (Lipinski definition) is 3. The van der Waals surface area contributed by atoms with E-state index in [1.165, 1.54) is 167 Å². The van der Waals surface area contributed by atoms with Crippen molar-refractivity contribution in [3.63, 3.8) is 0 Å². The zero-order valence-corrected chi connectivity index (χ0v) is 35.5.